The first kappa shape index (κ1) is 67.5. The van der Waals surface area contributed by atoms with Gasteiger partial charge in [0.1, 0.15) is 0 Å². The SMILES string of the molecule is C(C#Cc1c2nc(c(-c3ccccc3)c3ccc([nH]3)c(C#CC#Cc3c4nc(c(-c5ccccc5)c5ccc(cc6nc(c(-c7ccccc7)c7ccc3[nH]7)C=C6)[nH]5)C=C4)c3nc(c(-c4ccccc4)c4ccc1[nH]4)C=C3)C=C2)#Cc1c2nc(c(-c3ccccc3)c3ccc(cc4nc(c(-c5ccccc5)c5ccc1[nH]5)C=C4)[nH]3)C=C2. The third-order valence-corrected chi connectivity index (χ3v) is 21.2. The summed E-state index contributed by atoms with van der Waals surface area (Å²) in [5.74, 6) is 27.6. The summed E-state index contributed by atoms with van der Waals surface area (Å²) in [7, 11) is 0. The van der Waals surface area contributed by atoms with Crippen molar-refractivity contribution in [1.29, 1.82) is 0 Å². The van der Waals surface area contributed by atoms with Gasteiger partial charge < -0.3 is 29.9 Å². The van der Waals surface area contributed by atoms with Gasteiger partial charge in [0.2, 0.25) is 0 Å². The minimum Gasteiger partial charge on any atom is -0.355 e. The van der Waals surface area contributed by atoms with Gasteiger partial charge in [-0.3, -0.25) is 0 Å². The van der Waals surface area contributed by atoms with E-state index in [-0.39, 0.29) is 0 Å². The summed E-state index contributed by atoms with van der Waals surface area (Å²) in [6.45, 7) is 0. The van der Waals surface area contributed by atoms with Gasteiger partial charge in [0.15, 0.2) is 0 Å². The maximum atomic E-state index is 5.52. The van der Waals surface area contributed by atoms with E-state index in [0.717, 1.165) is 179 Å². The van der Waals surface area contributed by atoms with Gasteiger partial charge in [0.25, 0.3) is 0 Å². The second-order valence-electron chi connectivity index (χ2n) is 28.4. The van der Waals surface area contributed by atoms with Gasteiger partial charge in [-0.05, 0) is 239 Å². The Morgan fingerprint density at radius 1 is 0.172 bits per heavy atom. The third-order valence-electron chi connectivity index (χ3n) is 21.2. The van der Waals surface area contributed by atoms with Crippen LogP contribution in [-0.2, 0) is 0 Å². The number of aromatic nitrogens is 12. The zero-order chi connectivity index (χ0) is 76.8. The standard InChI is InChI=1S/C104H62N12/c1-7-23-65(24-8-1)99-87-43-39-71(105-87)63-72-40-44-88(106-72)100(66-25-9-2-10-26-66)92-56-48-80(110-92)75(79-47-55-91(99)109-79)35-19-21-37-77-83-51-59-95(113-83)103(69-31-15-5-16-32-69)97-61-53-85(115-97)78(86-54-62-98(116-86)104(70-33-17-6-18-34-70)96-60-52-84(77)114-96)38-22-20-36-76-81-49-57-93(111-81)101(67-27-11-3-12-28-67)89-45-41-73(107-89)64-74-42-46-90(108-74)102(68-29-13-4-14-30-68)94-58-50-82(76)112-94/h1-18,23-34,39-64,105,107,110,112-113,116H. The quantitative estimate of drug-likeness (QED) is 0.0905. The van der Waals surface area contributed by atoms with E-state index in [9.17, 15) is 0 Å². The molecule has 0 atom stereocenters. The van der Waals surface area contributed by atoms with Crippen molar-refractivity contribution in [3.8, 4) is 114 Å². The second kappa shape index (κ2) is 29.0. The summed E-state index contributed by atoms with van der Waals surface area (Å²) in [4.78, 5) is 54.9. The number of H-pyrrole nitrogens is 6. The molecule has 24 bridgehead atoms. The van der Waals surface area contributed by atoms with E-state index in [1.807, 2.05) is 133 Å². The molecule has 0 amide bonds. The molecule has 0 aliphatic carbocycles. The van der Waals surface area contributed by atoms with Gasteiger partial charge in [-0.2, -0.15) is 0 Å². The number of hydrogen-bond acceptors (Lipinski definition) is 6. The number of rotatable bonds is 6. The lowest BCUT2D eigenvalue weighted by molar-refractivity contribution is 1.30. The molecule has 9 aromatic heterocycles. The molecule has 15 heterocycles. The normalized spacial score (nSPS) is 12.0. The highest BCUT2D eigenvalue weighted by Gasteiger charge is 2.22. The van der Waals surface area contributed by atoms with Crippen molar-refractivity contribution < 1.29 is 0 Å². The van der Waals surface area contributed by atoms with Crippen LogP contribution < -0.4 is 0 Å². The number of aromatic amines is 6. The highest BCUT2D eigenvalue weighted by molar-refractivity contribution is 6.00. The first-order valence-electron chi connectivity index (χ1n) is 38.2. The average Bonchev–Trinajstić information content (AvgIpc) is 1.63. The molecule has 0 spiro atoms. The van der Waals surface area contributed by atoms with Crippen LogP contribution >= 0.6 is 0 Å². The predicted octanol–water partition coefficient (Wildman–Crippen LogP) is 23.4. The molecule has 116 heavy (non-hydrogen) atoms. The van der Waals surface area contributed by atoms with Crippen LogP contribution in [0.4, 0.5) is 0 Å². The van der Waals surface area contributed by atoms with Crippen molar-refractivity contribution in [2.75, 3.05) is 0 Å². The smallest absolute Gasteiger partial charge is 0.0815 e. The van der Waals surface area contributed by atoms with E-state index in [1.165, 1.54) is 0 Å². The van der Waals surface area contributed by atoms with E-state index in [1.54, 1.807) is 0 Å². The van der Waals surface area contributed by atoms with Gasteiger partial charge in [-0.1, -0.05) is 182 Å². The molecule has 0 saturated carbocycles. The Labute approximate surface area is 666 Å². The molecule has 15 aromatic rings. The molecule has 21 rings (SSSR count). The number of nitrogens with one attached hydrogen (secondary N) is 6. The first-order chi connectivity index (χ1) is 57.4. The molecule has 6 N–H and O–H groups in total. The van der Waals surface area contributed by atoms with Crippen LogP contribution in [0, 0.1) is 47.4 Å². The van der Waals surface area contributed by atoms with Crippen LogP contribution in [0.25, 0.3) is 206 Å². The summed E-state index contributed by atoms with van der Waals surface area (Å²) in [5.41, 5.74) is 33.3. The van der Waals surface area contributed by atoms with Gasteiger partial charge >= 0.3 is 0 Å². The summed E-state index contributed by atoms with van der Waals surface area (Å²) >= 11 is 0. The van der Waals surface area contributed by atoms with Crippen molar-refractivity contribution in [3.05, 3.63) is 358 Å². The first-order valence-corrected chi connectivity index (χ1v) is 38.2. The molecule has 538 valence electrons. The topological polar surface area (TPSA) is 172 Å². The molecule has 0 fully saturated rings. The fraction of sp³-hybridized carbons (Fsp3) is 0. The number of hydrogen-bond donors (Lipinski definition) is 6. The van der Waals surface area contributed by atoms with E-state index < -0.39 is 0 Å². The van der Waals surface area contributed by atoms with Crippen LogP contribution in [0.1, 0.15) is 90.6 Å². The highest BCUT2D eigenvalue weighted by Crippen LogP contribution is 2.39. The van der Waals surface area contributed by atoms with E-state index >= 15 is 0 Å². The number of fused-ring (bicyclic) bond motifs is 24. The molecule has 6 aromatic carbocycles. The maximum Gasteiger partial charge on any atom is 0.0815 e. The molecule has 6 aliphatic rings. The molecule has 6 aliphatic heterocycles. The molecule has 0 unspecified atom stereocenters. The molecular weight excluding hydrogens is 1420 g/mol. The van der Waals surface area contributed by atoms with Gasteiger partial charge in [-0.15, -0.1) is 0 Å². The van der Waals surface area contributed by atoms with Crippen molar-refractivity contribution in [2.24, 2.45) is 0 Å². The number of benzene rings is 6. The summed E-state index contributed by atoms with van der Waals surface area (Å²) in [5, 5.41) is 0. The van der Waals surface area contributed by atoms with Gasteiger partial charge in [0.05, 0.1) is 113 Å². The van der Waals surface area contributed by atoms with Crippen LogP contribution in [-0.4, -0.2) is 59.8 Å². The molecular formula is C104H62N12. The lowest BCUT2D eigenvalue weighted by Gasteiger charge is -2.04. The molecule has 12 nitrogen and oxygen atoms in total. The zero-order valence-corrected chi connectivity index (χ0v) is 62.0. The third kappa shape index (κ3) is 12.8. The Kier molecular flexibility index (Phi) is 16.9. The Hall–Kier alpha value is -16.6. The summed E-state index contributed by atoms with van der Waals surface area (Å²) in [6, 6.07) is 91.2. The largest absolute Gasteiger partial charge is 0.355 e. The minimum atomic E-state index is 0.645. The minimum absolute atomic E-state index is 0.645. The Morgan fingerprint density at radius 3 is 0.621 bits per heavy atom. The van der Waals surface area contributed by atoms with Crippen LogP contribution in [0.3, 0.4) is 0 Å². The average molecular weight is 1480 g/mol. The fourth-order valence-electron chi connectivity index (χ4n) is 15.8. The van der Waals surface area contributed by atoms with E-state index in [4.69, 9.17) is 29.9 Å². The fourth-order valence-corrected chi connectivity index (χ4v) is 15.8. The predicted molar refractivity (Wildman–Crippen MR) is 477 cm³/mol. The molecule has 12 heteroatoms. The monoisotopic (exact) mass is 1480 g/mol. The van der Waals surface area contributed by atoms with Crippen molar-refractivity contribution in [1.82, 2.24) is 59.8 Å². The maximum absolute atomic E-state index is 5.52. The summed E-state index contributed by atoms with van der Waals surface area (Å²) < 4.78 is 0. The van der Waals surface area contributed by atoms with Crippen molar-refractivity contribution in [3.63, 3.8) is 0 Å². The van der Waals surface area contributed by atoms with Gasteiger partial charge in [-0.25, -0.2) is 29.9 Å². The van der Waals surface area contributed by atoms with Crippen LogP contribution in [0.5, 0.6) is 0 Å². The molecule has 0 radical (unpaired) electrons. The highest BCUT2D eigenvalue weighted by atomic mass is 14.8. The second-order valence-corrected chi connectivity index (χ2v) is 28.4. The van der Waals surface area contributed by atoms with Crippen molar-refractivity contribution >= 4 is 139 Å². The van der Waals surface area contributed by atoms with Gasteiger partial charge in [0, 0.05) is 77.5 Å². The van der Waals surface area contributed by atoms with Crippen LogP contribution in [0.2, 0.25) is 0 Å². The lowest BCUT2D eigenvalue weighted by Crippen LogP contribution is -1.89. The molecule has 0 saturated heterocycles. The summed E-state index contributed by atoms with van der Waals surface area (Å²) in [6.07, 6.45) is 24.7. The van der Waals surface area contributed by atoms with E-state index in [2.05, 4.69) is 284 Å². The Bertz CT molecular complexity index is 7150. The van der Waals surface area contributed by atoms with Crippen molar-refractivity contribution in [2.45, 2.75) is 0 Å². The number of nitrogens with zero attached hydrogens (tertiary/aromatic N) is 6. The van der Waals surface area contributed by atoms with Crippen LogP contribution in [0.15, 0.2) is 267 Å². The Morgan fingerprint density at radius 2 is 0.371 bits per heavy atom. The Balaban J connectivity index is 0.751. The lowest BCUT2D eigenvalue weighted by atomic mass is 10.0. The zero-order valence-electron chi connectivity index (χ0n) is 62.0. The van der Waals surface area contributed by atoms with E-state index in [0.29, 0.717) is 45.0 Å².